The summed E-state index contributed by atoms with van der Waals surface area (Å²) in [7, 11) is 4.00. The first kappa shape index (κ1) is 17.6. The largest absolute Gasteiger partial charge is 0.307 e. The van der Waals surface area contributed by atoms with Crippen molar-refractivity contribution in [1.29, 1.82) is 0 Å². The summed E-state index contributed by atoms with van der Waals surface area (Å²) in [5.41, 5.74) is 3.84. The Hall–Kier alpha value is -2.18. The SMILES string of the molecule is Cc1nn(C)c(NC(=O)c2ccc(CN3CCN(C)CC3)cc2)c1C. The Morgan fingerprint density at radius 1 is 1.08 bits per heavy atom. The van der Waals surface area contributed by atoms with Crippen molar-refractivity contribution >= 4 is 11.7 Å². The number of carbonyl (C=O) groups excluding carboxylic acids is 1. The Morgan fingerprint density at radius 2 is 1.72 bits per heavy atom. The summed E-state index contributed by atoms with van der Waals surface area (Å²) in [6.45, 7) is 9.27. The molecule has 2 aromatic rings. The van der Waals surface area contributed by atoms with Crippen LogP contribution in [0.2, 0.25) is 0 Å². The number of nitrogens with zero attached hydrogens (tertiary/aromatic N) is 4. The summed E-state index contributed by atoms with van der Waals surface area (Å²) in [5, 5.41) is 7.30. The zero-order valence-corrected chi connectivity index (χ0v) is 15.5. The van der Waals surface area contributed by atoms with Crippen LogP contribution in [-0.2, 0) is 13.6 Å². The number of benzene rings is 1. The molecule has 1 aromatic carbocycles. The molecule has 0 aliphatic carbocycles. The predicted molar refractivity (Wildman–Crippen MR) is 99.9 cm³/mol. The molecule has 1 fully saturated rings. The van der Waals surface area contributed by atoms with Crippen LogP contribution in [0, 0.1) is 13.8 Å². The predicted octanol–water partition coefficient (Wildman–Crippen LogP) is 2.04. The standard InChI is InChI=1S/C19H27N5O/c1-14-15(2)21-23(4)18(14)20-19(25)17-7-5-16(6-8-17)13-24-11-9-22(3)10-12-24/h5-8H,9-13H2,1-4H3,(H,20,25). The van der Waals surface area contributed by atoms with Crippen LogP contribution in [0.25, 0.3) is 0 Å². The van der Waals surface area contributed by atoms with E-state index in [-0.39, 0.29) is 5.91 Å². The Morgan fingerprint density at radius 3 is 2.28 bits per heavy atom. The second-order valence-corrected chi connectivity index (χ2v) is 6.91. The van der Waals surface area contributed by atoms with Gasteiger partial charge in [-0.15, -0.1) is 0 Å². The minimum atomic E-state index is -0.0998. The lowest BCUT2D eigenvalue weighted by molar-refractivity contribution is 0.102. The molecule has 0 saturated carbocycles. The number of likely N-dealkylation sites (N-methyl/N-ethyl adjacent to an activating group) is 1. The molecular formula is C19H27N5O. The van der Waals surface area contributed by atoms with Crippen LogP contribution in [0.3, 0.4) is 0 Å². The van der Waals surface area contributed by atoms with Crippen molar-refractivity contribution in [2.45, 2.75) is 20.4 Å². The topological polar surface area (TPSA) is 53.4 Å². The molecule has 134 valence electrons. The van der Waals surface area contributed by atoms with E-state index in [0.29, 0.717) is 5.56 Å². The third-order valence-electron chi connectivity index (χ3n) is 4.97. The Labute approximate surface area is 149 Å². The van der Waals surface area contributed by atoms with Crippen LogP contribution in [0.15, 0.2) is 24.3 Å². The van der Waals surface area contributed by atoms with Gasteiger partial charge >= 0.3 is 0 Å². The number of amides is 1. The zero-order valence-electron chi connectivity index (χ0n) is 15.5. The molecule has 1 N–H and O–H groups in total. The molecule has 0 radical (unpaired) electrons. The van der Waals surface area contributed by atoms with Gasteiger partial charge in [0.25, 0.3) is 5.91 Å². The molecule has 6 nitrogen and oxygen atoms in total. The highest BCUT2D eigenvalue weighted by atomic mass is 16.1. The second kappa shape index (κ2) is 7.37. The van der Waals surface area contributed by atoms with E-state index in [2.05, 4.69) is 39.4 Å². The molecule has 0 atom stereocenters. The molecule has 0 bridgehead atoms. The molecule has 1 aromatic heterocycles. The second-order valence-electron chi connectivity index (χ2n) is 6.91. The van der Waals surface area contributed by atoms with Gasteiger partial charge in [-0.1, -0.05) is 12.1 Å². The molecule has 1 saturated heterocycles. The van der Waals surface area contributed by atoms with Crippen LogP contribution < -0.4 is 5.32 Å². The Balaban J connectivity index is 1.62. The van der Waals surface area contributed by atoms with Gasteiger partial charge in [0.2, 0.25) is 0 Å². The molecule has 1 amide bonds. The minimum Gasteiger partial charge on any atom is -0.307 e. The molecule has 0 unspecified atom stereocenters. The van der Waals surface area contributed by atoms with Gasteiger partial charge in [0.15, 0.2) is 0 Å². The fourth-order valence-corrected chi connectivity index (χ4v) is 3.14. The summed E-state index contributed by atoms with van der Waals surface area (Å²) in [4.78, 5) is 17.3. The highest BCUT2D eigenvalue weighted by Gasteiger charge is 2.15. The van der Waals surface area contributed by atoms with Crippen LogP contribution in [0.1, 0.15) is 27.2 Å². The van der Waals surface area contributed by atoms with Gasteiger partial charge in [-0.25, -0.2) is 0 Å². The van der Waals surface area contributed by atoms with Gasteiger partial charge in [-0.3, -0.25) is 14.4 Å². The summed E-state index contributed by atoms with van der Waals surface area (Å²) >= 11 is 0. The van der Waals surface area contributed by atoms with Crippen molar-refractivity contribution < 1.29 is 4.79 Å². The van der Waals surface area contributed by atoms with Crippen molar-refractivity contribution in [3.8, 4) is 0 Å². The average molecular weight is 341 g/mol. The quantitative estimate of drug-likeness (QED) is 0.925. The minimum absolute atomic E-state index is 0.0998. The van der Waals surface area contributed by atoms with Crippen molar-refractivity contribution in [3.63, 3.8) is 0 Å². The molecular weight excluding hydrogens is 314 g/mol. The Kier molecular flexibility index (Phi) is 5.20. The summed E-state index contributed by atoms with van der Waals surface area (Å²) in [6.07, 6.45) is 0. The maximum atomic E-state index is 12.5. The maximum Gasteiger partial charge on any atom is 0.256 e. The number of aromatic nitrogens is 2. The summed E-state index contributed by atoms with van der Waals surface area (Å²) in [5.74, 6) is 0.654. The number of piperazine rings is 1. The fraction of sp³-hybridized carbons (Fsp3) is 0.474. The number of rotatable bonds is 4. The van der Waals surface area contributed by atoms with Crippen LogP contribution >= 0.6 is 0 Å². The van der Waals surface area contributed by atoms with Gasteiger partial charge in [0, 0.05) is 50.9 Å². The van der Waals surface area contributed by atoms with E-state index < -0.39 is 0 Å². The molecule has 25 heavy (non-hydrogen) atoms. The molecule has 3 rings (SSSR count). The molecule has 0 spiro atoms. The fourth-order valence-electron chi connectivity index (χ4n) is 3.14. The van der Waals surface area contributed by atoms with Crippen LogP contribution in [0.5, 0.6) is 0 Å². The summed E-state index contributed by atoms with van der Waals surface area (Å²) in [6, 6.07) is 7.90. The van der Waals surface area contributed by atoms with Crippen molar-refractivity contribution in [1.82, 2.24) is 19.6 Å². The molecule has 2 heterocycles. The number of anilines is 1. The number of carbonyl (C=O) groups is 1. The van der Waals surface area contributed by atoms with Crippen LogP contribution in [-0.4, -0.2) is 58.7 Å². The van der Waals surface area contributed by atoms with E-state index in [4.69, 9.17) is 0 Å². The van der Waals surface area contributed by atoms with Crippen molar-refractivity contribution in [3.05, 3.63) is 46.6 Å². The van der Waals surface area contributed by atoms with E-state index in [1.165, 1.54) is 5.56 Å². The number of nitrogens with one attached hydrogen (secondary N) is 1. The van der Waals surface area contributed by atoms with E-state index >= 15 is 0 Å². The molecule has 6 heteroatoms. The van der Waals surface area contributed by atoms with Crippen LogP contribution in [0.4, 0.5) is 5.82 Å². The van der Waals surface area contributed by atoms with E-state index in [1.807, 2.05) is 33.0 Å². The summed E-state index contributed by atoms with van der Waals surface area (Å²) < 4.78 is 1.71. The van der Waals surface area contributed by atoms with Gasteiger partial charge in [0.05, 0.1) is 5.69 Å². The monoisotopic (exact) mass is 341 g/mol. The van der Waals surface area contributed by atoms with Gasteiger partial charge in [-0.2, -0.15) is 5.10 Å². The Bertz CT molecular complexity index is 742. The van der Waals surface area contributed by atoms with Gasteiger partial charge in [-0.05, 0) is 38.6 Å². The van der Waals surface area contributed by atoms with E-state index in [9.17, 15) is 4.79 Å². The third kappa shape index (κ3) is 4.08. The van der Waals surface area contributed by atoms with Gasteiger partial charge < -0.3 is 10.2 Å². The first-order valence-corrected chi connectivity index (χ1v) is 8.75. The van der Waals surface area contributed by atoms with E-state index in [0.717, 1.165) is 49.8 Å². The molecule has 1 aliphatic heterocycles. The number of aryl methyl sites for hydroxylation is 2. The lowest BCUT2D eigenvalue weighted by atomic mass is 10.1. The zero-order chi connectivity index (χ0) is 18.0. The smallest absolute Gasteiger partial charge is 0.256 e. The lowest BCUT2D eigenvalue weighted by Crippen LogP contribution is -2.43. The van der Waals surface area contributed by atoms with Gasteiger partial charge in [0.1, 0.15) is 5.82 Å². The lowest BCUT2D eigenvalue weighted by Gasteiger charge is -2.32. The highest BCUT2D eigenvalue weighted by Crippen LogP contribution is 2.18. The number of hydrogen-bond acceptors (Lipinski definition) is 4. The first-order chi connectivity index (χ1) is 11.9. The number of hydrogen-bond donors (Lipinski definition) is 1. The van der Waals surface area contributed by atoms with E-state index in [1.54, 1.807) is 4.68 Å². The van der Waals surface area contributed by atoms with Crippen molar-refractivity contribution in [2.24, 2.45) is 7.05 Å². The first-order valence-electron chi connectivity index (χ1n) is 8.75. The maximum absolute atomic E-state index is 12.5. The third-order valence-corrected chi connectivity index (χ3v) is 4.97. The molecule has 1 aliphatic rings. The normalized spacial score (nSPS) is 16.2. The highest BCUT2D eigenvalue weighted by molar-refractivity contribution is 6.04. The average Bonchev–Trinajstić information content (AvgIpc) is 2.84. The van der Waals surface area contributed by atoms with Crippen molar-refractivity contribution in [2.75, 3.05) is 38.5 Å².